The quantitative estimate of drug-likeness (QED) is 0.337. The highest BCUT2D eigenvalue weighted by molar-refractivity contribution is 7.89. The Morgan fingerprint density at radius 2 is 1.78 bits per heavy atom. The number of aliphatic hydroxyl groups excluding tert-OH is 1. The summed E-state index contributed by atoms with van der Waals surface area (Å²) >= 11 is 0. The summed E-state index contributed by atoms with van der Waals surface area (Å²) in [6.07, 6.45) is -1.15. The summed E-state index contributed by atoms with van der Waals surface area (Å²) in [5.74, 6) is -1.51. The number of carbonyl (C=O) groups excluding carboxylic acids is 1. The van der Waals surface area contributed by atoms with Crippen LogP contribution >= 0.6 is 0 Å². The van der Waals surface area contributed by atoms with Gasteiger partial charge in [-0.25, -0.2) is 17.6 Å². The number of rotatable bonds is 13. The Bertz CT molecular complexity index is 1190. The maximum absolute atomic E-state index is 14.2. The summed E-state index contributed by atoms with van der Waals surface area (Å²) in [6.45, 7) is 7.89. The molecule has 2 aromatic rings. The van der Waals surface area contributed by atoms with Crippen LogP contribution in [0.3, 0.4) is 0 Å². The molecule has 0 aliphatic carbocycles. The standard InChI is InChI=1S/C26H34FN3O6S/c1-5-13-30(26(33)34)24(14-20-9-7-6-8-10-20)25(32)17-29(16-18(2)3)37(35,36)21-11-12-22(27)23(15-21)28-19(4)31/h5-12,15,18,24-25,32H,1,13-14,16-17H2,2-4H3,(H,28,31)(H,33,34)/t24-,25+/m0/s1. The van der Waals surface area contributed by atoms with Gasteiger partial charge >= 0.3 is 6.09 Å². The lowest BCUT2D eigenvalue weighted by molar-refractivity contribution is -0.114. The zero-order valence-corrected chi connectivity index (χ0v) is 22.0. The fourth-order valence-corrected chi connectivity index (χ4v) is 5.56. The van der Waals surface area contributed by atoms with Crippen molar-refractivity contribution >= 4 is 27.7 Å². The van der Waals surface area contributed by atoms with Gasteiger partial charge in [-0.05, 0) is 36.1 Å². The molecule has 0 heterocycles. The van der Waals surface area contributed by atoms with Gasteiger partial charge in [-0.3, -0.25) is 9.69 Å². The second-order valence-corrected chi connectivity index (χ2v) is 11.0. The SMILES string of the molecule is C=CCN(C(=O)O)[C@@H](Cc1ccccc1)[C@H](O)CN(CC(C)C)S(=O)(=O)c1ccc(F)c(NC(C)=O)c1. The number of aliphatic hydroxyl groups is 1. The van der Waals surface area contributed by atoms with E-state index in [1.807, 2.05) is 6.07 Å². The van der Waals surface area contributed by atoms with Crippen LogP contribution in [0.1, 0.15) is 26.3 Å². The monoisotopic (exact) mass is 535 g/mol. The van der Waals surface area contributed by atoms with Crippen LogP contribution in [0, 0.1) is 11.7 Å². The van der Waals surface area contributed by atoms with Gasteiger partial charge in [0.2, 0.25) is 15.9 Å². The average molecular weight is 536 g/mol. The maximum Gasteiger partial charge on any atom is 0.407 e. The number of amides is 2. The molecular formula is C26H34FN3O6S. The maximum atomic E-state index is 14.2. The predicted octanol–water partition coefficient (Wildman–Crippen LogP) is 3.57. The number of nitrogens with zero attached hydrogens (tertiary/aromatic N) is 2. The number of anilines is 1. The zero-order valence-electron chi connectivity index (χ0n) is 21.2. The highest BCUT2D eigenvalue weighted by Crippen LogP contribution is 2.25. The normalized spacial score (nSPS) is 13.3. The molecule has 3 N–H and O–H groups in total. The lowest BCUT2D eigenvalue weighted by Crippen LogP contribution is -2.52. The van der Waals surface area contributed by atoms with Crippen LogP contribution in [-0.2, 0) is 21.2 Å². The van der Waals surface area contributed by atoms with Crippen molar-refractivity contribution in [3.63, 3.8) is 0 Å². The second-order valence-electron chi connectivity index (χ2n) is 9.09. The molecule has 0 aromatic heterocycles. The largest absolute Gasteiger partial charge is 0.465 e. The van der Waals surface area contributed by atoms with Crippen molar-refractivity contribution in [1.29, 1.82) is 0 Å². The fourth-order valence-electron chi connectivity index (χ4n) is 3.91. The van der Waals surface area contributed by atoms with Crippen molar-refractivity contribution in [2.45, 2.75) is 44.2 Å². The lowest BCUT2D eigenvalue weighted by atomic mass is 9.99. The fraction of sp³-hybridized carbons (Fsp3) is 0.385. The Labute approximate surface area is 217 Å². The second kappa shape index (κ2) is 13.3. The minimum atomic E-state index is -4.26. The van der Waals surface area contributed by atoms with E-state index in [0.717, 1.165) is 33.0 Å². The molecule has 37 heavy (non-hydrogen) atoms. The van der Waals surface area contributed by atoms with E-state index in [9.17, 15) is 32.6 Å². The molecular weight excluding hydrogens is 501 g/mol. The first-order chi connectivity index (χ1) is 17.4. The van der Waals surface area contributed by atoms with Gasteiger partial charge in [0, 0.05) is 26.6 Å². The van der Waals surface area contributed by atoms with E-state index in [0.29, 0.717) is 0 Å². The summed E-state index contributed by atoms with van der Waals surface area (Å²) in [7, 11) is -4.26. The van der Waals surface area contributed by atoms with E-state index >= 15 is 0 Å². The highest BCUT2D eigenvalue weighted by atomic mass is 32.2. The summed E-state index contributed by atoms with van der Waals surface area (Å²) in [5.41, 5.74) is 0.474. The number of carboxylic acid groups (broad SMARTS) is 1. The van der Waals surface area contributed by atoms with Crippen LogP contribution in [-0.4, -0.2) is 71.6 Å². The molecule has 9 nitrogen and oxygen atoms in total. The smallest absolute Gasteiger partial charge is 0.407 e. The molecule has 0 aliphatic heterocycles. The molecule has 0 radical (unpaired) electrons. The van der Waals surface area contributed by atoms with Crippen molar-refractivity contribution in [3.05, 3.63) is 72.6 Å². The topological polar surface area (TPSA) is 127 Å². The van der Waals surface area contributed by atoms with Crippen LogP contribution < -0.4 is 5.32 Å². The molecule has 0 unspecified atom stereocenters. The van der Waals surface area contributed by atoms with Gasteiger partial charge in [-0.1, -0.05) is 50.3 Å². The number of carbonyl (C=O) groups is 2. The van der Waals surface area contributed by atoms with Crippen molar-refractivity contribution in [2.75, 3.05) is 25.0 Å². The van der Waals surface area contributed by atoms with Crippen LogP contribution in [0.5, 0.6) is 0 Å². The first kappa shape index (κ1) is 29.9. The summed E-state index contributed by atoms with van der Waals surface area (Å²) in [4.78, 5) is 24.2. The van der Waals surface area contributed by atoms with Crippen molar-refractivity contribution < 1.29 is 32.6 Å². The Balaban J connectivity index is 2.47. The van der Waals surface area contributed by atoms with Gasteiger partial charge in [-0.2, -0.15) is 4.31 Å². The number of halogens is 1. The molecule has 2 amide bonds. The molecule has 2 rings (SSSR count). The first-order valence-electron chi connectivity index (χ1n) is 11.8. The zero-order chi connectivity index (χ0) is 27.8. The average Bonchev–Trinajstić information content (AvgIpc) is 2.82. The number of benzene rings is 2. The van der Waals surface area contributed by atoms with Gasteiger partial charge in [0.15, 0.2) is 0 Å². The summed E-state index contributed by atoms with van der Waals surface area (Å²) < 4.78 is 42.4. The first-order valence-corrected chi connectivity index (χ1v) is 13.2. The van der Waals surface area contributed by atoms with Crippen LogP contribution in [0.4, 0.5) is 14.9 Å². The molecule has 2 aromatic carbocycles. The molecule has 0 spiro atoms. The van der Waals surface area contributed by atoms with Gasteiger partial charge < -0.3 is 15.5 Å². The van der Waals surface area contributed by atoms with E-state index in [1.54, 1.807) is 38.1 Å². The lowest BCUT2D eigenvalue weighted by Gasteiger charge is -2.35. The van der Waals surface area contributed by atoms with E-state index < -0.39 is 46.5 Å². The molecule has 0 fully saturated rings. The van der Waals surface area contributed by atoms with Crippen molar-refractivity contribution in [2.24, 2.45) is 5.92 Å². The molecule has 0 bridgehead atoms. The van der Waals surface area contributed by atoms with Crippen molar-refractivity contribution in [1.82, 2.24) is 9.21 Å². The van der Waals surface area contributed by atoms with E-state index in [4.69, 9.17) is 0 Å². The number of nitrogens with one attached hydrogen (secondary N) is 1. The molecule has 11 heteroatoms. The molecule has 202 valence electrons. The highest BCUT2D eigenvalue weighted by Gasteiger charge is 2.35. The van der Waals surface area contributed by atoms with E-state index in [2.05, 4.69) is 11.9 Å². The van der Waals surface area contributed by atoms with Gasteiger partial charge in [-0.15, -0.1) is 6.58 Å². The number of hydrogen-bond acceptors (Lipinski definition) is 5. The van der Waals surface area contributed by atoms with E-state index in [-0.39, 0.29) is 36.0 Å². The van der Waals surface area contributed by atoms with E-state index in [1.165, 1.54) is 13.0 Å². The van der Waals surface area contributed by atoms with Gasteiger partial charge in [0.25, 0.3) is 0 Å². The van der Waals surface area contributed by atoms with Crippen LogP contribution in [0.2, 0.25) is 0 Å². The molecule has 0 saturated heterocycles. The van der Waals surface area contributed by atoms with Gasteiger partial charge in [0.1, 0.15) is 5.82 Å². The van der Waals surface area contributed by atoms with Gasteiger partial charge in [0.05, 0.1) is 22.7 Å². The van der Waals surface area contributed by atoms with Crippen LogP contribution in [0.25, 0.3) is 0 Å². The predicted molar refractivity (Wildman–Crippen MR) is 139 cm³/mol. The van der Waals surface area contributed by atoms with Crippen molar-refractivity contribution in [3.8, 4) is 0 Å². The third-order valence-corrected chi connectivity index (χ3v) is 7.38. The Hall–Kier alpha value is -3.28. The number of sulfonamides is 1. The Morgan fingerprint density at radius 3 is 2.32 bits per heavy atom. The Morgan fingerprint density at radius 1 is 1.14 bits per heavy atom. The molecule has 0 saturated carbocycles. The molecule has 2 atom stereocenters. The number of hydrogen-bond donors (Lipinski definition) is 3. The summed E-state index contributed by atoms with van der Waals surface area (Å²) in [5, 5.41) is 23.3. The van der Waals surface area contributed by atoms with Crippen LogP contribution in [0.15, 0.2) is 66.1 Å². The third-order valence-electron chi connectivity index (χ3n) is 5.55. The molecule has 0 aliphatic rings. The Kier molecular flexibility index (Phi) is 10.8. The third kappa shape index (κ3) is 8.38. The summed E-state index contributed by atoms with van der Waals surface area (Å²) in [6, 6.07) is 11.0. The minimum absolute atomic E-state index is 0.0127. The minimum Gasteiger partial charge on any atom is -0.465 e.